The van der Waals surface area contributed by atoms with Gasteiger partial charge in [0.15, 0.2) is 12.2 Å². The zero-order chi connectivity index (χ0) is 10.7. The third kappa shape index (κ3) is 2.04. The number of oxazole rings is 1. The second-order valence-corrected chi connectivity index (χ2v) is 3.17. The zero-order valence-electron chi connectivity index (χ0n) is 8.43. The highest BCUT2D eigenvalue weighted by Gasteiger charge is 2.14. The van der Waals surface area contributed by atoms with Gasteiger partial charge in [-0.2, -0.15) is 4.98 Å². The molecule has 2 rings (SSSR count). The Kier molecular flexibility index (Phi) is 2.77. The number of hydrogen-bond donors (Lipinski definition) is 1. The molecule has 2 N–H and O–H groups in total. The summed E-state index contributed by atoms with van der Waals surface area (Å²) in [6.07, 6.45) is 2.88. The Morgan fingerprint density at radius 1 is 1.47 bits per heavy atom. The maximum absolute atomic E-state index is 5.38. The molecule has 0 spiro atoms. The summed E-state index contributed by atoms with van der Waals surface area (Å²) in [5.74, 6) is 1.57. The fourth-order valence-corrected chi connectivity index (χ4v) is 1.22. The number of nitrogens with two attached hydrogens (primary N) is 1. The van der Waals surface area contributed by atoms with E-state index in [0.29, 0.717) is 30.4 Å². The summed E-state index contributed by atoms with van der Waals surface area (Å²) in [6.45, 7) is 2.44. The predicted molar refractivity (Wildman–Crippen MR) is 51.9 cm³/mol. The summed E-state index contributed by atoms with van der Waals surface area (Å²) in [5.41, 5.74) is 6.13. The third-order valence-electron chi connectivity index (χ3n) is 2.01. The van der Waals surface area contributed by atoms with Gasteiger partial charge < -0.3 is 14.7 Å². The number of nitrogens with zero attached hydrogens (tertiary/aromatic N) is 3. The van der Waals surface area contributed by atoms with E-state index in [1.54, 1.807) is 0 Å². The molecule has 0 aliphatic rings. The van der Waals surface area contributed by atoms with Crippen LogP contribution >= 0.6 is 0 Å². The predicted octanol–water partition coefficient (Wildman–Crippen LogP) is 0.924. The summed E-state index contributed by atoms with van der Waals surface area (Å²) < 4.78 is 10.2. The molecule has 0 fully saturated rings. The molecule has 0 aromatic carbocycles. The van der Waals surface area contributed by atoms with Gasteiger partial charge in [-0.1, -0.05) is 5.16 Å². The molecule has 80 valence electrons. The number of rotatable bonds is 4. The van der Waals surface area contributed by atoms with Crippen molar-refractivity contribution in [3.63, 3.8) is 0 Å². The van der Waals surface area contributed by atoms with Gasteiger partial charge in [0, 0.05) is 6.42 Å². The van der Waals surface area contributed by atoms with Gasteiger partial charge in [-0.15, -0.1) is 0 Å². The minimum Gasteiger partial charge on any atom is -0.440 e. The molecule has 0 radical (unpaired) electrons. The Balaban J connectivity index is 2.17. The zero-order valence-corrected chi connectivity index (χ0v) is 8.43. The van der Waals surface area contributed by atoms with E-state index in [-0.39, 0.29) is 0 Å². The smallest absolute Gasteiger partial charge is 0.240 e. The monoisotopic (exact) mass is 208 g/mol. The topological polar surface area (TPSA) is 91.0 Å². The molecule has 6 nitrogen and oxygen atoms in total. The van der Waals surface area contributed by atoms with Crippen molar-refractivity contribution >= 4 is 0 Å². The average Bonchev–Trinajstić information content (AvgIpc) is 2.83. The standard InChI is InChI=1S/C9H12N4O2/c1-6-8(14-5-11-6)9-12-7(15-13-9)3-2-4-10/h5H,2-4,10H2,1H3. The van der Waals surface area contributed by atoms with Crippen LogP contribution in [0.15, 0.2) is 15.3 Å². The van der Waals surface area contributed by atoms with Crippen LogP contribution in [-0.2, 0) is 6.42 Å². The van der Waals surface area contributed by atoms with Crippen molar-refractivity contribution in [2.24, 2.45) is 5.73 Å². The molecule has 2 aromatic heterocycles. The van der Waals surface area contributed by atoms with E-state index >= 15 is 0 Å². The highest BCUT2D eigenvalue weighted by atomic mass is 16.5. The van der Waals surface area contributed by atoms with Crippen LogP contribution in [0.2, 0.25) is 0 Å². The lowest BCUT2D eigenvalue weighted by Gasteiger charge is -1.88. The van der Waals surface area contributed by atoms with Crippen LogP contribution in [-0.4, -0.2) is 21.7 Å². The Bertz CT molecular complexity index is 435. The first-order chi connectivity index (χ1) is 7.31. The lowest BCUT2D eigenvalue weighted by Crippen LogP contribution is -2.00. The van der Waals surface area contributed by atoms with Crippen molar-refractivity contribution in [1.82, 2.24) is 15.1 Å². The Hall–Kier alpha value is -1.69. The molecule has 2 heterocycles. The van der Waals surface area contributed by atoms with E-state index in [2.05, 4.69) is 15.1 Å². The van der Waals surface area contributed by atoms with Crippen molar-refractivity contribution in [2.45, 2.75) is 19.8 Å². The van der Waals surface area contributed by atoms with Crippen LogP contribution in [0.25, 0.3) is 11.6 Å². The SMILES string of the molecule is Cc1ncoc1-c1noc(CCCN)n1. The molecule has 0 unspecified atom stereocenters. The number of aryl methyl sites for hydroxylation is 2. The molecule has 0 aliphatic heterocycles. The first-order valence-electron chi connectivity index (χ1n) is 4.74. The molecule has 0 saturated carbocycles. The van der Waals surface area contributed by atoms with Crippen LogP contribution in [0, 0.1) is 6.92 Å². The average molecular weight is 208 g/mol. The van der Waals surface area contributed by atoms with Crippen LogP contribution in [0.5, 0.6) is 0 Å². The molecular weight excluding hydrogens is 196 g/mol. The molecule has 0 saturated heterocycles. The van der Waals surface area contributed by atoms with Crippen molar-refractivity contribution in [3.8, 4) is 11.6 Å². The number of aromatic nitrogens is 3. The molecule has 6 heteroatoms. The maximum atomic E-state index is 5.38. The normalized spacial score (nSPS) is 10.8. The highest BCUT2D eigenvalue weighted by Crippen LogP contribution is 2.19. The lowest BCUT2D eigenvalue weighted by molar-refractivity contribution is 0.375. The van der Waals surface area contributed by atoms with Crippen LogP contribution in [0.3, 0.4) is 0 Å². The molecule has 0 bridgehead atoms. The van der Waals surface area contributed by atoms with Crippen LogP contribution < -0.4 is 5.73 Å². The minimum atomic E-state index is 0.442. The summed E-state index contributed by atoms with van der Waals surface area (Å²) >= 11 is 0. The van der Waals surface area contributed by atoms with Crippen molar-refractivity contribution in [2.75, 3.05) is 6.54 Å². The van der Waals surface area contributed by atoms with E-state index in [1.165, 1.54) is 6.39 Å². The van der Waals surface area contributed by atoms with Crippen molar-refractivity contribution in [3.05, 3.63) is 18.0 Å². The highest BCUT2D eigenvalue weighted by molar-refractivity contribution is 5.48. The summed E-state index contributed by atoms with van der Waals surface area (Å²) in [7, 11) is 0. The van der Waals surface area contributed by atoms with Gasteiger partial charge in [-0.05, 0) is 19.9 Å². The minimum absolute atomic E-state index is 0.442. The molecule has 0 aliphatic carbocycles. The largest absolute Gasteiger partial charge is 0.440 e. The van der Waals surface area contributed by atoms with Gasteiger partial charge in [0.25, 0.3) is 0 Å². The summed E-state index contributed by atoms with van der Waals surface area (Å²) in [5, 5.41) is 3.81. The molecule has 0 amide bonds. The fraction of sp³-hybridized carbons (Fsp3) is 0.444. The lowest BCUT2D eigenvalue weighted by atomic mass is 10.3. The van der Waals surface area contributed by atoms with E-state index in [0.717, 1.165) is 12.1 Å². The Morgan fingerprint density at radius 2 is 2.33 bits per heavy atom. The van der Waals surface area contributed by atoms with E-state index in [9.17, 15) is 0 Å². The van der Waals surface area contributed by atoms with E-state index in [4.69, 9.17) is 14.7 Å². The molecular formula is C9H12N4O2. The molecule has 15 heavy (non-hydrogen) atoms. The van der Waals surface area contributed by atoms with Crippen molar-refractivity contribution < 1.29 is 8.94 Å². The van der Waals surface area contributed by atoms with E-state index < -0.39 is 0 Å². The second-order valence-electron chi connectivity index (χ2n) is 3.17. The first kappa shape index (κ1) is 9.85. The molecule has 2 aromatic rings. The summed E-state index contributed by atoms with van der Waals surface area (Å²) in [6, 6.07) is 0. The Labute approximate surface area is 86.5 Å². The molecule has 0 atom stereocenters. The van der Waals surface area contributed by atoms with Gasteiger partial charge in [0.2, 0.25) is 11.7 Å². The fourth-order valence-electron chi connectivity index (χ4n) is 1.22. The van der Waals surface area contributed by atoms with Gasteiger partial charge in [-0.3, -0.25) is 0 Å². The van der Waals surface area contributed by atoms with Crippen LogP contribution in [0.4, 0.5) is 0 Å². The second kappa shape index (κ2) is 4.22. The maximum Gasteiger partial charge on any atom is 0.240 e. The third-order valence-corrected chi connectivity index (χ3v) is 2.01. The quantitative estimate of drug-likeness (QED) is 0.803. The number of hydrogen-bond acceptors (Lipinski definition) is 6. The van der Waals surface area contributed by atoms with Gasteiger partial charge in [0.05, 0.1) is 5.69 Å². The van der Waals surface area contributed by atoms with Gasteiger partial charge in [0.1, 0.15) is 0 Å². The Morgan fingerprint density at radius 3 is 3.00 bits per heavy atom. The van der Waals surface area contributed by atoms with E-state index in [1.807, 2.05) is 6.92 Å². The van der Waals surface area contributed by atoms with Crippen LogP contribution in [0.1, 0.15) is 18.0 Å². The van der Waals surface area contributed by atoms with Crippen molar-refractivity contribution in [1.29, 1.82) is 0 Å². The van der Waals surface area contributed by atoms with Gasteiger partial charge >= 0.3 is 0 Å². The first-order valence-corrected chi connectivity index (χ1v) is 4.74. The summed E-state index contributed by atoms with van der Waals surface area (Å²) in [4.78, 5) is 8.14. The van der Waals surface area contributed by atoms with Gasteiger partial charge in [-0.25, -0.2) is 4.98 Å².